The first kappa shape index (κ1) is 9.45. The van der Waals surface area contributed by atoms with Gasteiger partial charge in [0.05, 0.1) is 19.0 Å². The Balaban J connectivity index is 2.52. The third-order valence-corrected chi connectivity index (χ3v) is 2.04. The highest BCUT2D eigenvalue weighted by Crippen LogP contribution is 2.30. The Kier molecular flexibility index (Phi) is 2.49. The van der Waals surface area contributed by atoms with Gasteiger partial charge in [0.2, 0.25) is 0 Å². The van der Waals surface area contributed by atoms with E-state index in [0.717, 1.165) is 0 Å². The zero-order chi connectivity index (χ0) is 10.7. The summed E-state index contributed by atoms with van der Waals surface area (Å²) in [6, 6.07) is 4.98. The maximum absolute atomic E-state index is 9.66. The first-order valence-corrected chi connectivity index (χ1v) is 4.44. The van der Waals surface area contributed by atoms with Gasteiger partial charge in [-0.2, -0.15) is 0 Å². The van der Waals surface area contributed by atoms with Crippen molar-refractivity contribution >= 4 is 0 Å². The number of phenolic OH excluding ortho intramolecular Hbond substituents is 1. The van der Waals surface area contributed by atoms with Gasteiger partial charge in [-0.3, -0.25) is 9.97 Å². The Bertz CT molecular complexity index is 457. The number of hydrogen-bond acceptors (Lipinski definition) is 4. The molecule has 1 N–H and O–H groups in total. The molecule has 0 atom stereocenters. The van der Waals surface area contributed by atoms with Crippen molar-refractivity contribution in [2.45, 2.75) is 0 Å². The van der Waals surface area contributed by atoms with Gasteiger partial charge in [0, 0.05) is 18.0 Å². The topological polar surface area (TPSA) is 55.2 Å². The summed E-state index contributed by atoms with van der Waals surface area (Å²) in [7, 11) is 1.58. The molecular formula is C11H10N2O2. The molecule has 0 radical (unpaired) electrons. The molecule has 76 valence electrons. The summed E-state index contributed by atoms with van der Waals surface area (Å²) >= 11 is 0. The molecule has 0 amide bonds. The number of aromatic nitrogens is 2. The predicted molar refractivity (Wildman–Crippen MR) is 55.7 cm³/mol. The highest BCUT2D eigenvalue weighted by molar-refractivity contribution is 5.67. The van der Waals surface area contributed by atoms with Crippen molar-refractivity contribution in [1.29, 1.82) is 0 Å². The van der Waals surface area contributed by atoms with Gasteiger partial charge in [-0.05, 0) is 18.2 Å². The molecule has 2 aromatic rings. The van der Waals surface area contributed by atoms with Crippen molar-refractivity contribution in [3.05, 3.63) is 36.8 Å². The molecule has 0 aliphatic carbocycles. The van der Waals surface area contributed by atoms with Gasteiger partial charge in [-0.1, -0.05) is 0 Å². The monoisotopic (exact) mass is 202 g/mol. The minimum absolute atomic E-state index is 0.163. The second-order valence-corrected chi connectivity index (χ2v) is 2.97. The van der Waals surface area contributed by atoms with Gasteiger partial charge < -0.3 is 9.84 Å². The summed E-state index contributed by atoms with van der Waals surface area (Å²) in [5.41, 5.74) is 1.23. The average molecular weight is 202 g/mol. The van der Waals surface area contributed by atoms with Gasteiger partial charge in [0.15, 0.2) is 0 Å². The van der Waals surface area contributed by atoms with E-state index in [2.05, 4.69) is 9.97 Å². The lowest BCUT2D eigenvalue weighted by molar-refractivity contribution is 0.412. The first-order chi connectivity index (χ1) is 7.31. The van der Waals surface area contributed by atoms with Gasteiger partial charge in [0.1, 0.15) is 11.5 Å². The Morgan fingerprint density at radius 1 is 1.27 bits per heavy atom. The standard InChI is InChI=1S/C11H10N2O2/c1-15-8-2-3-11(14)9(6-8)10-7-12-4-5-13-10/h2-7,14H,1H3. The molecule has 0 aliphatic rings. The zero-order valence-electron chi connectivity index (χ0n) is 8.21. The van der Waals surface area contributed by atoms with Crippen molar-refractivity contribution in [3.63, 3.8) is 0 Å². The van der Waals surface area contributed by atoms with Crippen LogP contribution in [0.1, 0.15) is 0 Å². The number of nitrogens with zero attached hydrogens (tertiary/aromatic N) is 2. The summed E-state index contributed by atoms with van der Waals surface area (Å²) < 4.78 is 5.07. The first-order valence-electron chi connectivity index (χ1n) is 4.44. The summed E-state index contributed by atoms with van der Waals surface area (Å²) in [6.07, 6.45) is 4.75. The molecule has 0 spiro atoms. The van der Waals surface area contributed by atoms with Gasteiger partial charge in [-0.25, -0.2) is 0 Å². The van der Waals surface area contributed by atoms with Crippen molar-refractivity contribution in [1.82, 2.24) is 9.97 Å². The van der Waals surface area contributed by atoms with E-state index in [1.807, 2.05) is 0 Å². The molecule has 0 fully saturated rings. The van der Waals surface area contributed by atoms with Crippen LogP contribution in [0.2, 0.25) is 0 Å². The van der Waals surface area contributed by atoms with Crippen LogP contribution in [0, 0.1) is 0 Å². The molecule has 0 unspecified atom stereocenters. The highest BCUT2D eigenvalue weighted by Gasteiger charge is 2.06. The minimum atomic E-state index is 0.163. The number of aromatic hydroxyl groups is 1. The molecule has 15 heavy (non-hydrogen) atoms. The van der Waals surface area contributed by atoms with E-state index in [1.54, 1.807) is 43.9 Å². The smallest absolute Gasteiger partial charge is 0.125 e. The normalized spacial score (nSPS) is 9.93. The molecular weight excluding hydrogens is 192 g/mol. The van der Waals surface area contributed by atoms with Crippen LogP contribution in [-0.4, -0.2) is 22.2 Å². The molecule has 2 rings (SSSR count). The summed E-state index contributed by atoms with van der Waals surface area (Å²) in [5.74, 6) is 0.838. The van der Waals surface area contributed by atoms with Gasteiger partial charge in [-0.15, -0.1) is 0 Å². The number of rotatable bonds is 2. The fourth-order valence-electron chi connectivity index (χ4n) is 1.29. The van der Waals surface area contributed by atoms with Crippen molar-refractivity contribution in [2.75, 3.05) is 7.11 Å². The van der Waals surface area contributed by atoms with E-state index in [1.165, 1.54) is 0 Å². The molecule has 0 saturated heterocycles. The van der Waals surface area contributed by atoms with Gasteiger partial charge in [0.25, 0.3) is 0 Å². The zero-order valence-corrected chi connectivity index (χ0v) is 8.21. The molecule has 0 aliphatic heterocycles. The van der Waals surface area contributed by atoms with E-state index < -0.39 is 0 Å². The average Bonchev–Trinajstić information content (AvgIpc) is 2.31. The van der Waals surface area contributed by atoms with E-state index in [-0.39, 0.29) is 5.75 Å². The van der Waals surface area contributed by atoms with E-state index in [0.29, 0.717) is 17.0 Å². The Labute approximate surface area is 87.2 Å². The maximum Gasteiger partial charge on any atom is 0.125 e. The van der Waals surface area contributed by atoms with Crippen molar-refractivity contribution in [3.8, 4) is 22.8 Å². The van der Waals surface area contributed by atoms with Crippen LogP contribution in [0.4, 0.5) is 0 Å². The maximum atomic E-state index is 9.66. The van der Waals surface area contributed by atoms with Crippen LogP contribution in [0.5, 0.6) is 11.5 Å². The number of methoxy groups -OCH3 is 1. The second kappa shape index (κ2) is 3.96. The van der Waals surface area contributed by atoms with Crippen LogP contribution >= 0.6 is 0 Å². The lowest BCUT2D eigenvalue weighted by atomic mass is 10.1. The van der Waals surface area contributed by atoms with E-state index in [4.69, 9.17) is 4.74 Å². The summed E-state index contributed by atoms with van der Waals surface area (Å²) in [5, 5.41) is 9.66. The Hall–Kier alpha value is -2.10. The summed E-state index contributed by atoms with van der Waals surface area (Å²) in [6.45, 7) is 0. The molecule has 0 bridgehead atoms. The largest absolute Gasteiger partial charge is 0.507 e. The molecule has 4 nitrogen and oxygen atoms in total. The van der Waals surface area contributed by atoms with E-state index >= 15 is 0 Å². The third-order valence-electron chi connectivity index (χ3n) is 2.04. The van der Waals surface area contributed by atoms with Crippen LogP contribution in [0.3, 0.4) is 0 Å². The predicted octanol–water partition coefficient (Wildman–Crippen LogP) is 1.86. The Morgan fingerprint density at radius 2 is 2.13 bits per heavy atom. The minimum Gasteiger partial charge on any atom is -0.507 e. The highest BCUT2D eigenvalue weighted by atomic mass is 16.5. The fraction of sp³-hybridized carbons (Fsp3) is 0.0909. The van der Waals surface area contributed by atoms with Crippen molar-refractivity contribution in [2.24, 2.45) is 0 Å². The third kappa shape index (κ3) is 1.88. The molecule has 1 heterocycles. The number of ether oxygens (including phenoxy) is 1. The number of hydrogen-bond donors (Lipinski definition) is 1. The van der Waals surface area contributed by atoms with Crippen LogP contribution in [0.25, 0.3) is 11.3 Å². The van der Waals surface area contributed by atoms with Gasteiger partial charge >= 0.3 is 0 Å². The second-order valence-electron chi connectivity index (χ2n) is 2.97. The Morgan fingerprint density at radius 3 is 2.80 bits per heavy atom. The van der Waals surface area contributed by atoms with E-state index in [9.17, 15) is 5.11 Å². The number of phenols is 1. The number of benzene rings is 1. The SMILES string of the molecule is COc1ccc(O)c(-c2cnccn2)c1. The molecule has 0 saturated carbocycles. The van der Waals surface area contributed by atoms with Crippen LogP contribution < -0.4 is 4.74 Å². The quantitative estimate of drug-likeness (QED) is 0.807. The lowest BCUT2D eigenvalue weighted by Crippen LogP contribution is -1.87. The van der Waals surface area contributed by atoms with Crippen LogP contribution in [-0.2, 0) is 0 Å². The fourth-order valence-corrected chi connectivity index (χ4v) is 1.29. The van der Waals surface area contributed by atoms with Crippen molar-refractivity contribution < 1.29 is 9.84 Å². The molecule has 1 aromatic carbocycles. The lowest BCUT2D eigenvalue weighted by Gasteiger charge is -2.05. The molecule has 1 aromatic heterocycles. The summed E-state index contributed by atoms with van der Waals surface area (Å²) in [4.78, 5) is 8.05. The van der Waals surface area contributed by atoms with Crippen LogP contribution in [0.15, 0.2) is 36.8 Å². The molecule has 4 heteroatoms.